The Bertz CT molecular complexity index is 958. The van der Waals surface area contributed by atoms with E-state index in [0.717, 1.165) is 89.9 Å². The first kappa shape index (κ1) is 56.9. The number of rotatable bonds is 47. The van der Waals surface area contributed by atoms with Crippen molar-refractivity contribution in [2.45, 2.75) is 284 Å². The van der Waals surface area contributed by atoms with Crippen LogP contribution in [0.5, 0.6) is 0 Å². The fourth-order valence-corrected chi connectivity index (χ4v) is 7.54. The predicted molar refractivity (Wildman–Crippen MR) is 252 cm³/mol. The lowest BCUT2D eigenvalue weighted by Crippen LogP contribution is -2.30. The van der Waals surface area contributed by atoms with Crippen LogP contribution >= 0.6 is 0 Å². The second-order valence-corrected chi connectivity index (χ2v) is 17.4. The van der Waals surface area contributed by atoms with Crippen LogP contribution in [0.2, 0.25) is 0 Å². The Kier molecular flexibility index (Phi) is 46.8. The molecular weight excluding hydrogens is 733 g/mol. The summed E-state index contributed by atoms with van der Waals surface area (Å²) in [6.07, 6.45) is 54.4. The van der Waals surface area contributed by atoms with Crippen molar-refractivity contribution in [1.82, 2.24) is 0 Å². The van der Waals surface area contributed by atoms with Crippen molar-refractivity contribution in [2.75, 3.05) is 13.2 Å². The third-order valence-corrected chi connectivity index (χ3v) is 11.4. The SMILES string of the molecule is CCC/C=C\C/C=C\CCCCCCCC(=O)OC(COC(=O)CCCCCCCCCCCCCC)COC(=O)CCCCCCCCCCCCCCCCCC. The maximum atomic E-state index is 12.8. The second-order valence-electron chi connectivity index (χ2n) is 17.4. The van der Waals surface area contributed by atoms with Crippen molar-refractivity contribution in [3.05, 3.63) is 24.3 Å². The van der Waals surface area contributed by atoms with E-state index >= 15 is 0 Å². The van der Waals surface area contributed by atoms with Crippen molar-refractivity contribution in [2.24, 2.45) is 0 Å². The molecule has 0 amide bonds. The highest BCUT2D eigenvalue weighted by Crippen LogP contribution is 2.16. The van der Waals surface area contributed by atoms with Crippen LogP contribution in [0.1, 0.15) is 278 Å². The molecule has 1 unspecified atom stereocenters. The summed E-state index contributed by atoms with van der Waals surface area (Å²) in [6, 6.07) is 0. The molecule has 0 aliphatic heterocycles. The van der Waals surface area contributed by atoms with E-state index in [0.29, 0.717) is 19.3 Å². The van der Waals surface area contributed by atoms with Crippen molar-refractivity contribution in [3.63, 3.8) is 0 Å². The third-order valence-electron chi connectivity index (χ3n) is 11.4. The van der Waals surface area contributed by atoms with E-state index in [-0.39, 0.29) is 31.1 Å². The van der Waals surface area contributed by atoms with E-state index in [1.165, 1.54) is 148 Å². The number of hydrogen-bond acceptors (Lipinski definition) is 6. The van der Waals surface area contributed by atoms with E-state index in [9.17, 15) is 14.4 Å². The molecule has 0 aromatic rings. The van der Waals surface area contributed by atoms with Crippen LogP contribution in [0.25, 0.3) is 0 Å². The topological polar surface area (TPSA) is 78.9 Å². The summed E-state index contributed by atoms with van der Waals surface area (Å²) in [5.41, 5.74) is 0. The number of carbonyl (C=O) groups is 3. The minimum Gasteiger partial charge on any atom is -0.462 e. The molecule has 0 aliphatic rings. The van der Waals surface area contributed by atoms with Gasteiger partial charge in [0, 0.05) is 19.3 Å². The van der Waals surface area contributed by atoms with E-state index in [1.807, 2.05) is 0 Å². The molecule has 0 rings (SSSR count). The molecule has 0 saturated heterocycles. The normalized spacial score (nSPS) is 12.1. The molecular formula is C53H98O6. The molecule has 0 saturated carbocycles. The zero-order valence-corrected chi connectivity index (χ0v) is 39.5. The molecule has 6 nitrogen and oxygen atoms in total. The Hall–Kier alpha value is -2.11. The number of unbranched alkanes of at least 4 members (excludes halogenated alkanes) is 32. The Morgan fingerprint density at radius 2 is 0.644 bits per heavy atom. The Morgan fingerprint density at radius 1 is 0.339 bits per heavy atom. The Balaban J connectivity index is 4.33. The van der Waals surface area contributed by atoms with Crippen molar-refractivity contribution in [3.8, 4) is 0 Å². The Labute approximate surface area is 366 Å². The van der Waals surface area contributed by atoms with Gasteiger partial charge in [-0.25, -0.2) is 0 Å². The van der Waals surface area contributed by atoms with Gasteiger partial charge in [-0.1, -0.05) is 238 Å². The standard InChI is InChI=1S/C53H98O6/c1-4-7-10-13-16-19-22-25-26-27-29-31-34-37-40-43-46-52(55)58-49-50(48-57-51(54)45-42-39-36-33-30-24-21-18-15-12-9-6-3)59-53(56)47-44-41-38-35-32-28-23-20-17-14-11-8-5-2/h11,14,20,23,50H,4-10,12-13,15-19,21-22,24-49H2,1-3H3/b14-11-,23-20-. The van der Waals surface area contributed by atoms with Gasteiger partial charge in [0.1, 0.15) is 13.2 Å². The number of hydrogen-bond donors (Lipinski definition) is 0. The maximum Gasteiger partial charge on any atom is 0.306 e. The minimum atomic E-state index is -0.772. The van der Waals surface area contributed by atoms with Crippen LogP contribution in [0.3, 0.4) is 0 Å². The van der Waals surface area contributed by atoms with Crippen LogP contribution in [0, 0.1) is 0 Å². The molecule has 6 heteroatoms. The molecule has 0 heterocycles. The first-order valence-corrected chi connectivity index (χ1v) is 25.8. The summed E-state index contributed by atoms with van der Waals surface area (Å²) in [5, 5.41) is 0. The van der Waals surface area contributed by atoms with E-state index in [2.05, 4.69) is 45.1 Å². The van der Waals surface area contributed by atoms with Crippen LogP contribution in [0.4, 0.5) is 0 Å². The summed E-state index contributed by atoms with van der Waals surface area (Å²) in [5.74, 6) is -0.873. The smallest absolute Gasteiger partial charge is 0.306 e. The lowest BCUT2D eigenvalue weighted by Gasteiger charge is -2.18. The second kappa shape index (κ2) is 48.6. The highest BCUT2D eigenvalue weighted by Gasteiger charge is 2.19. The largest absolute Gasteiger partial charge is 0.462 e. The molecule has 0 radical (unpaired) electrons. The van der Waals surface area contributed by atoms with Gasteiger partial charge >= 0.3 is 17.9 Å². The molecule has 1 atom stereocenters. The van der Waals surface area contributed by atoms with E-state index in [1.54, 1.807) is 0 Å². The molecule has 0 aliphatic carbocycles. The van der Waals surface area contributed by atoms with Crippen LogP contribution in [-0.2, 0) is 28.6 Å². The minimum absolute atomic E-state index is 0.0722. The van der Waals surface area contributed by atoms with Gasteiger partial charge in [0.2, 0.25) is 0 Å². The molecule has 346 valence electrons. The predicted octanol–water partition coefficient (Wildman–Crippen LogP) is 16.8. The summed E-state index contributed by atoms with van der Waals surface area (Å²) in [4.78, 5) is 37.9. The van der Waals surface area contributed by atoms with E-state index < -0.39 is 6.10 Å². The van der Waals surface area contributed by atoms with Gasteiger partial charge in [-0.15, -0.1) is 0 Å². The summed E-state index contributed by atoms with van der Waals surface area (Å²) < 4.78 is 16.8. The first-order valence-electron chi connectivity index (χ1n) is 25.8. The monoisotopic (exact) mass is 831 g/mol. The van der Waals surface area contributed by atoms with Gasteiger partial charge in [0.25, 0.3) is 0 Å². The fourth-order valence-electron chi connectivity index (χ4n) is 7.54. The third kappa shape index (κ3) is 46.8. The van der Waals surface area contributed by atoms with Gasteiger partial charge in [-0.2, -0.15) is 0 Å². The lowest BCUT2D eigenvalue weighted by atomic mass is 10.0. The zero-order valence-electron chi connectivity index (χ0n) is 39.5. The molecule has 0 fully saturated rings. The first-order chi connectivity index (χ1) is 29.0. The summed E-state index contributed by atoms with van der Waals surface area (Å²) in [7, 11) is 0. The van der Waals surface area contributed by atoms with Gasteiger partial charge < -0.3 is 14.2 Å². The van der Waals surface area contributed by atoms with Crippen LogP contribution in [-0.4, -0.2) is 37.2 Å². The zero-order chi connectivity index (χ0) is 43.0. The number of allylic oxidation sites excluding steroid dienone is 4. The molecule has 0 aromatic heterocycles. The van der Waals surface area contributed by atoms with Gasteiger partial charge in [0.15, 0.2) is 6.10 Å². The highest BCUT2D eigenvalue weighted by atomic mass is 16.6. The quantitative estimate of drug-likeness (QED) is 0.0263. The van der Waals surface area contributed by atoms with Gasteiger partial charge in [-0.05, 0) is 44.9 Å². The van der Waals surface area contributed by atoms with Crippen molar-refractivity contribution in [1.29, 1.82) is 0 Å². The molecule has 0 aromatic carbocycles. The number of ether oxygens (including phenoxy) is 3. The molecule has 59 heavy (non-hydrogen) atoms. The lowest BCUT2D eigenvalue weighted by molar-refractivity contribution is -0.167. The molecule has 0 N–H and O–H groups in total. The number of esters is 3. The van der Waals surface area contributed by atoms with Gasteiger partial charge in [-0.3, -0.25) is 14.4 Å². The fraction of sp³-hybridized carbons (Fsp3) is 0.868. The van der Waals surface area contributed by atoms with Gasteiger partial charge in [0.05, 0.1) is 0 Å². The van der Waals surface area contributed by atoms with Crippen molar-refractivity contribution >= 4 is 17.9 Å². The maximum absolute atomic E-state index is 12.8. The molecule has 0 spiro atoms. The van der Waals surface area contributed by atoms with E-state index in [4.69, 9.17) is 14.2 Å². The average molecular weight is 831 g/mol. The Morgan fingerprint density at radius 3 is 1.00 bits per heavy atom. The summed E-state index contributed by atoms with van der Waals surface area (Å²) in [6.45, 7) is 6.59. The average Bonchev–Trinajstić information content (AvgIpc) is 3.23. The molecule has 0 bridgehead atoms. The number of carbonyl (C=O) groups excluding carboxylic acids is 3. The van der Waals surface area contributed by atoms with Crippen LogP contribution in [0.15, 0.2) is 24.3 Å². The van der Waals surface area contributed by atoms with Crippen molar-refractivity contribution < 1.29 is 28.6 Å². The van der Waals surface area contributed by atoms with Crippen LogP contribution < -0.4 is 0 Å². The highest BCUT2D eigenvalue weighted by molar-refractivity contribution is 5.71. The summed E-state index contributed by atoms with van der Waals surface area (Å²) >= 11 is 0.